The monoisotopic (exact) mass is 643 g/mol. The maximum atomic E-state index is 14.1. The minimum absolute atomic E-state index is 0.0692. The first-order chi connectivity index (χ1) is 19.5. The van der Waals surface area contributed by atoms with Crippen molar-refractivity contribution in [2.24, 2.45) is 0 Å². The van der Waals surface area contributed by atoms with Crippen LogP contribution in [-0.4, -0.2) is 50.9 Å². The zero-order valence-electron chi connectivity index (χ0n) is 24.1. The summed E-state index contributed by atoms with van der Waals surface area (Å²) in [6.07, 6.45) is 1.08. The molecule has 2 amide bonds. The molecule has 0 heterocycles. The number of nitrogens with zero attached hydrogens (tertiary/aromatic N) is 2. The molecule has 3 rings (SSSR count). The molecule has 8 nitrogen and oxygen atoms in total. The third-order valence-electron chi connectivity index (χ3n) is 6.88. The van der Waals surface area contributed by atoms with Gasteiger partial charge in [0.25, 0.3) is 10.0 Å². The molecular weight excluding hydrogens is 606 g/mol. The maximum Gasteiger partial charge on any atom is 0.264 e. The van der Waals surface area contributed by atoms with Crippen molar-refractivity contribution in [2.75, 3.05) is 18.0 Å². The van der Waals surface area contributed by atoms with Gasteiger partial charge in [0.1, 0.15) is 18.3 Å². The highest BCUT2D eigenvalue weighted by Gasteiger charge is 2.34. The minimum atomic E-state index is -4.12. The van der Waals surface area contributed by atoms with E-state index in [2.05, 4.69) is 21.2 Å². The SMILES string of the molecule is CC[C@H](C)NC(=O)[C@H](CC)N(Cc1cccc(OC)c1)C(=O)CN(c1ccc(Br)cc1)S(=O)(=O)c1ccc(C)cc1. The van der Waals surface area contributed by atoms with Crippen LogP contribution in [0, 0.1) is 6.92 Å². The quantitative estimate of drug-likeness (QED) is 0.258. The van der Waals surface area contributed by atoms with E-state index in [1.807, 2.05) is 39.8 Å². The highest BCUT2D eigenvalue weighted by atomic mass is 79.9. The van der Waals surface area contributed by atoms with Crippen molar-refractivity contribution >= 4 is 43.5 Å². The van der Waals surface area contributed by atoms with E-state index in [-0.39, 0.29) is 23.4 Å². The number of aryl methyl sites for hydroxylation is 1. The molecule has 41 heavy (non-hydrogen) atoms. The number of halogens is 1. The number of hydrogen-bond donors (Lipinski definition) is 1. The van der Waals surface area contributed by atoms with Crippen LogP contribution in [0.2, 0.25) is 0 Å². The number of rotatable bonds is 13. The number of amides is 2. The molecule has 0 fully saturated rings. The molecule has 3 aromatic carbocycles. The summed E-state index contributed by atoms with van der Waals surface area (Å²) in [6.45, 7) is 7.19. The molecule has 3 aromatic rings. The molecule has 0 aliphatic rings. The van der Waals surface area contributed by atoms with Gasteiger partial charge in [0, 0.05) is 17.1 Å². The molecule has 220 valence electrons. The highest BCUT2D eigenvalue weighted by molar-refractivity contribution is 9.10. The van der Waals surface area contributed by atoms with E-state index in [4.69, 9.17) is 4.74 Å². The summed E-state index contributed by atoms with van der Waals surface area (Å²) >= 11 is 3.39. The van der Waals surface area contributed by atoms with Crippen LogP contribution in [0.1, 0.15) is 44.7 Å². The van der Waals surface area contributed by atoms with E-state index in [0.717, 1.165) is 26.3 Å². The Morgan fingerprint density at radius 2 is 1.63 bits per heavy atom. The van der Waals surface area contributed by atoms with Gasteiger partial charge in [0.15, 0.2) is 0 Å². The molecule has 0 aliphatic carbocycles. The van der Waals surface area contributed by atoms with Crippen molar-refractivity contribution in [3.8, 4) is 5.75 Å². The summed E-state index contributed by atoms with van der Waals surface area (Å²) in [7, 11) is -2.56. The highest BCUT2D eigenvalue weighted by Crippen LogP contribution is 2.27. The van der Waals surface area contributed by atoms with E-state index in [9.17, 15) is 18.0 Å². The third kappa shape index (κ3) is 8.33. The van der Waals surface area contributed by atoms with Crippen LogP contribution in [0.5, 0.6) is 5.75 Å². The predicted octanol–water partition coefficient (Wildman–Crippen LogP) is 5.68. The second-order valence-corrected chi connectivity index (χ2v) is 12.7. The Morgan fingerprint density at radius 1 is 0.976 bits per heavy atom. The molecular formula is C31H38BrN3O5S. The van der Waals surface area contributed by atoms with Gasteiger partial charge in [-0.25, -0.2) is 8.42 Å². The largest absolute Gasteiger partial charge is 0.497 e. The number of anilines is 1. The third-order valence-corrected chi connectivity index (χ3v) is 9.19. The first-order valence-electron chi connectivity index (χ1n) is 13.6. The lowest BCUT2D eigenvalue weighted by Crippen LogP contribution is -2.53. The van der Waals surface area contributed by atoms with Crippen LogP contribution in [0.25, 0.3) is 0 Å². The number of benzene rings is 3. The molecule has 2 atom stereocenters. The van der Waals surface area contributed by atoms with Gasteiger partial charge < -0.3 is 15.0 Å². The van der Waals surface area contributed by atoms with Crippen LogP contribution in [0.3, 0.4) is 0 Å². The molecule has 10 heteroatoms. The fraction of sp³-hybridized carbons (Fsp3) is 0.355. The van der Waals surface area contributed by atoms with Crippen molar-refractivity contribution in [2.45, 2.75) is 64.1 Å². The average Bonchev–Trinajstić information content (AvgIpc) is 2.96. The summed E-state index contributed by atoms with van der Waals surface area (Å²) in [5.74, 6) is -0.169. The van der Waals surface area contributed by atoms with E-state index < -0.39 is 28.5 Å². The molecule has 0 bridgehead atoms. The molecule has 0 spiro atoms. The van der Waals surface area contributed by atoms with Gasteiger partial charge >= 0.3 is 0 Å². The number of carbonyl (C=O) groups is 2. The topological polar surface area (TPSA) is 96.0 Å². The fourth-order valence-corrected chi connectivity index (χ4v) is 5.98. The molecule has 0 unspecified atom stereocenters. The van der Waals surface area contributed by atoms with Crippen molar-refractivity contribution < 1.29 is 22.7 Å². The van der Waals surface area contributed by atoms with Gasteiger partial charge in [-0.2, -0.15) is 0 Å². The Kier molecular flexibility index (Phi) is 11.4. The standard InChI is InChI=1S/C31H38BrN3O5S/c1-6-23(4)33-31(37)29(7-2)34(20-24-9-8-10-27(19-24)40-5)30(36)21-35(26-15-13-25(32)14-16-26)41(38,39)28-17-11-22(3)12-18-28/h8-19,23,29H,6-7,20-21H2,1-5H3,(H,33,37)/t23-,29-/m0/s1. The van der Waals surface area contributed by atoms with Crippen LogP contribution in [-0.2, 0) is 26.2 Å². The Labute approximate surface area is 251 Å². The summed E-state index contributed by atoms with van der Waals surface area (Å²) in [5.41, 5.74) is 2.00. The smallest absolute Gasteiger partial charge is 0.264 e. The molecule has 0 saturated heterocycles. The lowest BCUT2D eigenvalue weighted by molar-refractivity contribution is -0.140. The number of methoxy groups -OCH3 is 1. The molecule has 0 saturated carbocycles. The van der Waals surface area contributed by atoms with Crippen molar-refractivity contribution in [3.63, 3.8) is 0 Å². The number of nitrogens with one attached hydrogen (secondary N) is 1. The van der Waals surface area contributed by atoms with Gasteiger partial charge in [0.2, 0.25) is 11.8 Å². The van der Waals surface area contributed by atoms with Crippen molar-refractivity contribution in [3.05, 3.63) is 88.4 Å². The molecule has 0 aliphatic heterocycles. The second kappa shape index (κ2) is 14.5. The van der Waals surface area contributed by atoms with Crippen LogP contribution in [0.4, 0.5) is 5.69 Å². The Balaban J connectivity index is 2.06. The number of carbonyl (C=O) groups excluding carboxylic acids is 2. The minimum Gasteiger partial charge on any atom is -0.497 e. The second-order valence-electron chi connectivity index (χ2n) is 9.92. The summed E-state index contributed by atoms with van der Waals surface area (Å²) < 4.78 is 35.1. The predicted molar refractivity (Wildman–Crippen MR) is 165 cm³/mol. The Bertz CT molecular complexity index is 1430. The number of sulfonamides is 1. The van der Waals surface area contributed by atoms with Gasteiger partial charge in [-0.1, -0.05) is 59.6 Å². The van der Waals surface area contributed by atoms with Gasteiger partial charge in [-0.15, -0.1) is 0 Å². The van der Waals surface area contributed by atoms with E-state index >= 15 is 0 Å². The Morgan fingerprint density at radius 3 is 2.22 bits per heavy atom. The lowest BCUT2D eigenvalue weighted by Gasteiger charge is -2.33. The fourth-order valence-electron chi connectivity index (χ4n) is 4.30. The van der Waals surface area contributed by atoms with E-state index in [0.29, 0.717) is 17.9 Å². The lowest BCUT2D eigenvalue weighted by atomic mass is 10.1. The van der Waals surface area contributed by atoms with Gasteiger partial charge in [-0.05, 0) is 80.8 Å². The number of hydrogen-bond acceptors (Lipinski definition) is 5. The average molecular weight is 645 g/mol. The Hall–Kier alpha value is -3.37. The number of ether oxygens (including phenoxy) is 1. The summed E-state index contributed by atoms with van der Waals surface area (Å²) in [4.78, 5) is 29.1. The zero-order valence-corrected chi connectivity index (χ0v) is 26.5. The first kappa shape index (κ1) is 32.1. The summed E-state index contributed by atoms with van der Waals surface area (Å²) in [6, 6.07) is 19.6. The van der Waals surface area contributed by atoms with Crippen LogP contribution >= 0.6 is 15.9 Å². The normalized spacial score (nSPS) is 12.7. The molecule has 0 radical (unpaired) electrons. The van der Waals surface area contributed by atoms with Crippen LogP contribution in [0.15, 0.2) is 82.2 Å². The van der Waals surface area contributed by atoms with Gasteiger partial charge in [0.05, 0.1) is 17.7 Å². The van der Waals surface area contributed by atoms with Gasteiger partial charge in [-0.3, -0.25) is 13.9 Å². The van der Waals surface area contributed by atoms with E-state index in [1.165, 1.54) is 17.0 Å². The molecule has 1 N–H and O–H groups in total. The first-order valence-corrected chi connectivity index (χ1v) is 15.8. The summed E-state index contributed by atoms with van der Waals surface area (Å²) in [5, 5.41) is 2.98. The van der Waals surface area contributed by atoms with Crippen molar-refractivity contribution in [1.82, 2.24) is 10.2 Å². The van der Waals surface area contributed by atoms with E-state index in [1.54, 1.807) is 55.6 Å². The maximum absolute atomic E-state index is 14.1. The van der Waals surface area contributed by atoms with Crippen LogP contribution < -0.4 is 14.4 Å². The molecule has 0 aromatic heterocycles. The zero-order chi connectivity index (χ0) is 30.2. The van der Waals surface area contributed by atoms with Crippen molar-refractivity contribution in [1.29, 1.82) is 0 Å².